The molecular weight excluding hydrogens is 360 g/mol. The second kappa shape index (κ2) is 7.88. The summed E-state index contributed by atoms with van der Waals surface area (Å²) in [5, 5.41) is 14.3. The molecule has 1 atom stereocenters. The number of amides is 1. The number of fused-ring (bicyclic) bond motifs is 1. The maximum atomic E-state index is 12.8. The highest BCUT2D eigenvalue weighted by molar-refractivity contribution is 5.99. The number of ether oxygens (including phenoxy) is 2. The second-order valence-corrected chi connectivity index (χ2v) is 7.60. The van der Waals surface area contributed by atoms with E-state index in [0.29, 0.717) is 25.4 Å². The summed E-state index contributed by atoms with van der Waals surface area (Å²) in [6.45, 7) is 6.77. The molecule has 0 aliphatic carbocycles. The van der Waals surface area contributed by atoms with Crippen molar-refractivity contribution in [1.29, 1.82) is 0 Å². The zero-order valence-electron chi connectivity index (χ0n) is 16.2. The smallest absolute Gasteiger partial charge is 0.286 e. The van der Waals surface area contributed by atoms with Crippen molar-refractivity contribution in [3.63, 3.8) is 0 Å². The molecule has 0 saturated carbocycles. The molecule has 7 heteroatoms. The lowest BCUT2D eigenvalue weighted by atomic mass is 9.79. The molecule has 0 saturated heterocycles. The van der Waals surface area contributed by atoms with Gasteiger partial charge in [-0.2, -0.15) is 0 Å². The van der Waals surface area contributed by atoms with Crippen LogP contribution in [0, 0.1) is 10.1 Å². The maximum Gasteiger partial charge on any atom is 0.286 e. The Hall–Kier alpha value is -3.09. The molecule has 1 aliphatic heterocycles. The van der Waals surface area contributed by atoms with Gasteiger partial charge in [0.1, 0.15) is 18.8 Å². The summed E-state index contributed by atoms with van der Waals surface area (Å²) < 4.78 is 10.8. The van der Waals surface area contributed by atoms with Gasteiger partial charge in [0.15, 0.2) is 11.5 Å². The topological polar surface area (TPSA) is 90.7 Å². The number of benzene rings is 2. The number of carbonyl (C=O) groups is 1. The molecule has 0 spiro atoms. The van der Waals surface area contributed by atoms with Crippen molar-refractivity contribution >= 4 is 11.6 Å². The minimum absolute atomic E-state index is 0.0291. The first-order chi connectivity index (χ1) is 13.3. The van der Waals surface area contributed by atoms with Gasteiger partial charge in [-0.05, 0) is 24.3 Å². The summed E-state index contributed by atoms with van der Waals surface area (Å²) in [6.07, 6.45) is 0.682. The average molecular weight is 384 g/mol. The van der Waals surface area contributed by atoms with Gasteiger partial charge in [-0.3, -0.25) is 14.9 Å². The fourth-order valence-electron chi connectivity index (χ4n) is 3.54. The molecule has 1 heterocycles. The number of hydrogen-bond donors (Lipinski definition) is 1. The Bertz CT molecular complexity index is 880. The van der Waals surface area contributed by atoms with E-state index in [0.717, 1.165) is 0 Å². The summed E-state index contributed by atoms with van der Waals surface area (Å²) >= 11 is 0. The van der Waals surface area contributed by atoms with Crippen LogP contribution in [0.3, 0.4) is 0 Å². The molecule has 1 N–H and O–H groups in total. The van der Waals surface area contributed by atoms with Crippen LogP contribution < -0.4 is 14.8 Å². The van der Waals surface area contributed by atoms with Crippen molar-refractivity contribution in [2.24, 2.45) is 0 Å². The van der Waals surface area contributed by atoms with E-state index in [1.807, 2.05) is 25.1 Å². The minimum atomic E-state index is -0.578. The number of rotatable bonds is 6. The Morgan fingerprint density at radius 3 is 2.39 bits per heavy atom. The first kappa shape index (κ1) is 19.7. The third kappa shape index (κ3) is 4.24. The zero-order valence-corrected chi connectivity index (χ0v) is 16.2. The summed E-state index contributed by atoms with van der Waals surface area (Å²) in [6, 6.07) is 12.5. The van der Waals surface area contributed by atoms with Crippen molar-refractivity contribution in [3.8, 4) is 11.5 Å². The van der Waals surface area contributed by atoms with E-state index in [1.54, 1.807) is 0 Å². The van der Waals surface area contributed by atoms with Gasteiger partial charge in [-0.25, -0.2) is 0 Å². The standard InChI is InChI=1S/C21H24N2O5/c1-14(13-21(2,3)15-7-5-4-6-8-15)22-20(24)16-11-18-19(28-10-9-27-18)12-17(16)23(25)26/h4-8,11-12,14H,9-10,13H2,1-3H3,(H,22,24). The predicted octanol–water partition coefficient (Wildman–Crippen LogP) is 3.85. The lowest BCUT2D eigenvalue weighted by molar-refractivity contribution is -0.385. The molecule has 3 rings (SSSR count). The molecule has 1 amide bonds. The molecule has 1 unspecified atom stereocenters. The van der Waals surface area contributed by atoms with Crippen molar-refractivity contribution in [3.05, 3.63) is 63.7 Å². The van der Waals surface area contributed by atoms with E-state index >= 15 is 0 Å². The Kier molecular flexibility index (Phi) is 5.53. The number of nitro benzene ring substituents is 1. The number of nitrogens with one attached hydrogen (secondary N) is 1. The number of nitrogens with zero attached hydrogens (tertiary/aromatic N) is 1. The first-order valence-electron chi connectivity index (χ1n) is 9.22. The van der Waals surface area contributed by atoms with Gasteiger partial charge in [-0.15, -0.1) is 0 Å². The van der Waals surface area contributed by atoms with Crippen LogP contribution in [-0.4, -0.2) is 30.1 Å². The SMILES string of the molecule is CC(CC(C)(C)c1ccccc1)NC(=O)c1cc2c(cc1[N+](=O)[O-])OCCO2. The zero-order chi connectivity index (χ0) is 20.3. The van der Waals surface area contributed by atoms with Gasteiger partial charge in [0.2, 0.25) is 0 Å². The molecule has 2 aromatic carbocycles. The summed E-state index contributed by atoms with van der Waals surface area (Å²) in [5.41, 5.74) is 0.684. The second-order valence-electron chi connectivity index (χ2n) is 7.60. The molecule has 0 aromatic heterocycles. The molecular formula is C21H24N2O5. The summed E-state index contributed by atoms with van der Waals surface area (Å²) in [5.74, 6) is 0.132. The number of carbonyl (C=O) groups excluding carboxylic acids is 1. The highest BCUT2D eigenvalue weighted by Crippen LogP contribution is 2.36. The molecule has 28 heavy (non-hydrogen) atoms. The molecule has 7 nitrogen and oxygen atoms in total. The van der Waals surface area contributed by atoms with Gasteiger partial charge in [0.05, 0.1) is 11.0 Å². The Balaban J connectivity index is 1.78. The van der Waals surface area contributed by atoms with Crippen LogP contribution in [0.2, 0.25) is 0 Å². The van der Waals surface area contributed by atoms with Crippen LogP contribution in [-0.2, 0) is 5.41 Å². The quantitative estimate of drug-likeness (QED) is 0.603. The average Bonchev–Trinajstić information content (AvgIpc) is 2.67. The number of hydrogen-bond acceptors (Lipinski definition) is 5. The Labute approximate surface area is 163 Å². The normalized spacial score (nSPS) is 14.2. The van der Waals surface area contributed by atoms with Crippen LogP contribution in [0.5, 0.6) is 11.5 Å². The van der Waals surface area contributed by atoms with Crippen LogP contribution in [0.4, 0.5) is 5.69 Å². The molecule has 2 aromatic rings. The highest BCUT2D eigenvalue weighted by Gasteiger charge is 2.29. The number of nitro groups is 1. The van der Waals surface area contributed by atoms with E-state index in [4.69, 9.17) is 9.47 Å². The third-order valence-corrected chi connectivity index (χ3v) is 4.85. The predicted molar refractivity (Wildman–Crippen MR) is 105 cm³/mol. The fourth-order valence-corrected chi connectivity index (χ4v) is 3.54. The van der Waals surface area contributed by atoms with Crippen molar-refractivity contribution in [2.45, 2.75) is 38.6 Å². The van der Waals surface area contributed by atoms with Gasteiger partial charge >= 0.3 is 0 Å². The first-order valence-corrected chi connectivity index (χ1v) is 9.22. The minimum Gasteiger partial charge on any atom is -0.486 e. The molecule has 148 valence electrons. The largest absolute Gasteiger partial charge is 0.486 e. The van der Waals surface area contributed by atoms with Gasteiger partial charge in [0, 0.05) is 12.1 Å². The molecule has 0 bridgehead atoms. The van der Waals surface area contributed by atoms with Crippen molar-refractivity contribution in [2.75, 3.05) is 13.2 Å². The third-order valence-electron chi connectivity index (χ3n) is 4.85. The van der Waals surface area contributed by atoms with E-state index in [1.165, 1.54) is 17.7 Å². The van der Waals surface area contributed by atoms with Crippen molar-refractivity contribution in [1.82, 2.24) is 5.32 Å². The Morgan fingerprint density at radius 2 is 1.79 bits per heavy atom. The Morgan fingerprint density at radius 1 is 1.18 bits per heavy atom. The highest BCUT2D eigenvalue weighted by atomic mass is 16.6. The van der Waals surface area contributed by atoms with Gasteiger partial charge in [-0.1, -0.05) is 44.2 Å². The van der Waals surface area contributed by atoms with Gasteiger partial charge < -0.3 is 14.8 Å². The summed E-state index contributed by atoms with van der Waals surface area (Å²) in [4.78, 5) is 23.6. The maximum absolute atomic E-state index is 12.8. The summed E-state index contributed by atoms with van der Waals surface area (Å²) in [7, 11) is 0. The van der Waals surface area contributed by atoms with Crippen LogP contribution in [0.1, 0.15) is 43.1 Å². The van der Waals surface area contributed by atoms with Crippen LogP contribution in [0.25, 0.3) is 0 Å². The lowest BCUT2D eigenvalue weighted by Gasteiger charge is -2.29. The van der Waals surface area contributed by atoms with Crippen LogP contribution >= 0.6 is 0 Å². The van der Waals surface area contributed by atoms with Crippen LogP contribution in [0.15, 0.2) is 42.5 Å². The molecule has 0 radical (unpaired) electrons. The van der Waals surface area contributed by atoms with Crippen molar-refractivity contribution < 1.29 is 19.2 Å². The monoisotopic (exact) mass is 384 g/mol. The van der Waals surface area contributed by atoms with E-state index < -0.39 is 10.8 Å². The lowest BCUT2D eigenvalue weighted by Crippen LogP contribution is -2.37. The van der Waals surface area contributed by atoms with E-state index in [2.05, 4.69) is 31.3 Å². The van der Waals surface area contributed by atoms with E-state index in [9.17, 15) is 14.9 Å². The van der Waals surface area contributed by atoms with Gasteiger partial charge in [0.25, 0.3) is 11.6 Å². The fraction of sp³-hybridized carbons (Fsp3) is 0.381. The molecule has 1 aliphatic rings. The molecule has 0 fully saturated rings. The van der Waals surface area contributed by atoms with E-state index in [-0.39, 0.29) is 28.5 Å².